The summed E-state index contributed by atoms with van der Waals surface area (Å²) in [4.78, 5) is 0. The van der Waals surface area contributed by atoms with Gasteiger partial charge < -0.3 is 14.6 Å². The second-order valence-corrected chi connectivity index (χ2v) is 2.88. The lowest BCUT2D eigenvalue weighted by atomic mass is 9.89. The van der Waals surface area contributed by atoms with Gasteiger partial charge in [-0.05, 0) is 0 Å². The second kappa shape index (κ2) is 3.56. The fourth-order valence-electron chi connectivity index (χ4n) is 1.47. The molecule has 1 rings (SSSR count). The average Bonchev–Trinajstić information content (AvgIpc) is 2.26. The zero-order valence-electron chi connectivity index (χ0n) is 6.86. The van der Waals surface area contributed by atoms with Gasteiger partial charge in [-0.3, -0.25) is 0 Å². The highest BCUT2D eigenvalue weighted by Crippen LogP contribution is 2.26. The molecule has 0 aromatic heterocycles. The summed E-state index contributed by atoms with van der Waals surface area (Å²) < 4.78 is 10.3. The summed E-state index contributed by atoms with van der Waals surface area (Å²) in [6.45, 7) is 1.97. The van der Waals surface area contributed by atoms with Crippen molar-refractivity contribution in [3.8, 4) is 0 Å². The van der Waals surface area contributed by atoms with Crippen LogP contribution in [-0.2, 0) is 9.47 Å². The van der Waals surface area contributed by atoms with Gasteiger partial charge in [0.1, 0.15) is 7.85 Å². The Balaban J connectivity index is 2.55. The van der Waals surface area contributed by atoms with E-state index < -0.39 is 6.00 Å². The summed E-state index contributed by atoms with van der Waals surface area (Å²) in [5.41, 5.74) is 0. The van der Waals surface area contributed by atoms with E-state index in [0.29, 0.717) is 0 Å². The van der Waals surface area contributed by atoms with Crippen molar-refractivity contribution in [3.63, 3.8) is 0 Å². The van der Waals surface area contributed by atoms with Crippen molar-refractivity contribution < 1.29 is 14.6 Å². The average molecular weight is 156 g/mol. The van der Waals surface area contributed by atoms with Gasteiger partial charge in [0.15, 0.2) is 0 Å². The third-order valence-electron chi connectivity index (χ3n) is 2.21. The quantitative estimate of drug-likeness (QED) is 0.549. The molecule has 0 aromatic rings. The van der Waals surface area contributed by atoms with E-state index in [2.05, 4.69) is 0 Å². The number of ether oxygens (including phenoxy) is 2. The molecule has 1 fully saturated rings. The molecule has 0 aromatic carbocycles. The number of methoxy groups -OCH3 is 1. The highest BCUT2D eigenvalue weighted by atomic mass is 16.6. The number of hydrogen-bond donors (Lipinski definition) is 1. The Morgan fingerprint density at radius 3 is 2.55 bits per heavy atom. The van der Waals surface area contributed by atoms with Crippen LogP contribution in [0.15, 0.2) is 0 Å². The molecular formula is C7H13BO3. The molecule has 1 aliphatic heterocycles. The van der Waals surface area contributed by atoms with E-state index in [1.54, 1.807) is 7.11 Å². The lowest BCUT2D eigenvalue weighted by Crippen LogP contribution is -2.28. The Morgan fingerprint density at radius 1 is 1.64 bits per heavy atom. The first-order chi connectivity index (χ1) is 5.20. The van der Waals surface area contributed by atoms with E-state index in [-0.39, 0.29) is 24.7 Å². The van der Waals surface area contributed by atoms with E-state index in [4.69, 9.17) is 22.4 Å². The van der Waals surface area contributed by atoms with Crippen LogP contribution in [0.5, 0.6) is 0 Å². The number of rotatable bonds is 2. The highest BCUT2D eigenvalue weighted by molar-refractivity contribution is 6.11. The van der Waals surface area contributed by atoms with E-state index in [0.717, 1.165) is 0 Å². The van der Waals surface area contributed by atoms with Crippen LogP contribution in [-0.4, -0.2) is 44.9 Å². The maximum atomic E-state index is 8.83. The molecule has 0 amide bonds. The van der Waals surface area contributed by atoms with Crippen LogP contribution in [0.3, 0.4) is 0 Å². The van der Waals surface area contributed by atoms with Crippen LogP contribution < -0.4 is 0 Å². The topological polar surface area (TPSA) is 38.7 Å². The number of hydrogen-bond acceptors (Lipinski definition) is 3. The van der Waals surface area contributed by atoms with Crippen LogP contribution >= 0.6 is 0 Å². The van der Waals surface area contributed by atoms with Gasteiger partial charge in [0.05, 0.1) is 18.8 Å². The SMILES string of the molecule is [B]C1O[C@H](CO)[C@@H](C)[C@H]1OC. The van der Waals surface area contributed by atoms with Gasteiger partial charge in [0, 0.05) is 19.0 Å². The van der Waals surface area contributed by atoms with Gasteiger partial charge in [-0.2, -0.15) is 0 Å². The minimum atomic E-state index is -0.396. The van der Waals surface area contributed by atoms with E-state index in [1.807, 2.05) is 6.92 Å². The normalized spacial score (nSPS) is 44.6. The third-order valence-corrected chi connectivity index (χ3v) is 2.21. The monoisotopic (exact) mass is 156 g/mol. The molecule has 1 saturated heterocycles. The summed E-state index contributed by atoms with van der Waals surface area (Å²) in [5, 5.41) is 8.83. The van der Waals surface area contributed by atoms with Crippen LogP contribution in [0.4, 0.5) is 0 Å². The van der Waals surface area contributed by atoms with Gasteiger partial charge in [-0.1, -0.05) is 6.92 Å². The molecule has 1 heterocycles. The van der Waals surface area contributed by atoms with Crippen molar-refractivity contribution in [2.75, 3.05) is 13.7 Å². The molecule has 0 bridgehead atoms. The predicted molar refractivity (Wildman–Crippen MR) is 41.5 cm³/mol. The summed E-state index contributed by atoms with van der Waals surface area (Å²) in [5.74, 6) is 0.167. The van der Waals surface area contributed by atoms with E-state index in [9.17, 15) is 0 Å². The van der Waals surface area contributed by atoms with Crippen LogP contribution in [0.25, 0.3) is 0 Å². The molecule has 3 nitrogen and oxygen atoms in total. The molecule has 2 radical (unpaired) electrons. The van der Waals surface area contributed by atoms with Crippen LogP contribution in [0.2, 0.25) is 0 Å². The summed E-state index contributed by atoms with van der Waals surface area (Å²) in [6, 6.07) is -0.396. The maximum absolute atomic E-state index is 8.83. The minimum absolute atomic E-state index is 0.00866. The zero-order chi connectivity index (χ0) is 8.43. The fourth-order valence-corrected chi connectivity index (χ4v) is 1.47. The highest BCUT2D eigenvalue weighted by Gasteiger charge is 2.38. The Bertz CT molecular complexity index is 131. The fraction of sp³-hybridized carbons (Fsp3) is 1.00. The Morgan fingerprint density at radius 2 is 2.27 bits per heavy atom. The molecule has 1 aliphatic rings. The van der Waals surface area contributed by atoms with Crippen LogP contribution in [0, 0.1) is 5.92 Å². The Hall–Kier alpha value is -0.0551. The maximum Gasteiger partial charge on any atom is 0.112 e. The van der Waals surface area contributed by atoms with Crippen LogP contribution in [0.1, 0.15) is 6.92 Å². The van der Waals surface area contributed by atoms with Gasteiger partial charge in [0.2, 0.25) is 0 Å². The van der Waals surface area contributed by atoms with E-state index >= 15 is 0 Å². The van der Waals surface area contributed by atoms with Crippen molar-refractivity contribution in [3.05, 3.63) is 0 Å². The summed E-state index contributed by atoms with van der Waals surface area (Å²) in [7, 11) is 7.19. The third kappa shape index (κ3) is 1.58. The molecule has 1 unspecified atom stereocenters. The van der Waals surface area contributed by atoms with Gasteiger partial charge in [0.25, 0.3) is 0 Å². The van der Waals surface area contributed by atoms with Gasteiger partial charge in [-0.25, -0.2) is 0 Å². The molecule has 0 spiro atoms. The molecule has 0 aliphatic carbocycles. The number of aliphatic hydroxyl groups excluding tert-OH is 1. The largest absolute Gasteiger partial charge is 0.394 e. The van der Waals surface area contributed by atoms with Crippen molar-refractivity contribution in [2.45, 2.75) is 25.1 Å². The summed E-state index contributed by atoms with van der Waals surface area (Å²) >= 11 is 0. The number of aliphatic hydroxyl groups is 1. The van der Waals surface area contributed by atoms with Crippen molar-refractivity contribution >= 4 is 7.85 Å². The molecule has 4 heteroatoms. The van der Waals surface area contributed by atoms with Crippen molar-refractivity contribution in [1.29, 1.82) is 0 Å². The molecule has 4 atom stereocenters. The zero-order valence-corrected chi connectivity index (χ0v) is 6.86. The molecule has 62 valence electrons. The lowest BCUT2D eigenvalue weighted by molar-refractivity contribution is 0.0206. The minimum Gasteiger partial charge on any atom is -0.394 e. The van der Waals surface area contributed by atoms with Crippen molar-refractivity contribution in [2.24, 2.45) is 5.92 Å². The Labute approximate surface area is 68.1 Å². The van der Waals surface area contributed by atoms with Crippen molar-refractivity contribution in [1.82, 2.24) is 0 Å². The second-order valence-electron chi connectivity index (χ2n) is 2.88. The van der Waals surface area contributed by atoms with E-state index in [1.165, 1.54) is 0 Å². The first-order valence-electron chi connectivity index (χ1n) is 3.75. The molecule has 0 saturated carbocycles. The first kappa shape index (κ1) is 9.04. The van der Waals surface area contributed by atoms with Gasteiger partial charge in [-0.15, -0.1) is 0 Å². The smallest absolute Gasteiger partial charge is 0.112 e. The van der Waals surface area contributed by atoms with Gasteiger partial charge >= 0.3 is 0 Å². The lowest BCUT2D eigenvalue weighted by Gasteiger charge is -2.16. The Kier molecular flexibility index (Phi) is 2.93. The molecule has 11 heavy (non-hydrogen) atoms. The molecular weight excluding hydrogens is 143 g/mol. The first-order valence-corrected chi connectivity index (χ1v) is 3.75. The molecule has 1 N–H and O–H groups in total. The summed E-state index contributed by atoms with van der Waals surface area (Å²) in [6.07, 6.45) is -0.262. The predicted octanol–water partition coefficient (Wildman–Crippen LogP) is -0.477. The standard InChI is InChI=1S/C7H13BO3/c1-4-5(3-9)11-7(8)6(4)10-2/h4-7,9H,3H2,1-2H3/t4-,5-,6-,7?/m1/s1.